The third kappa shape index (κ3) is 2.68. The molecule has 1 heterocycles. The van der Waals surface area contributed by atoms with E-state index in [-0.39, 0.29) is 5.82 Å². The molecule has 0 bridgehead atoms. The molecule has 3 rings (SSSR count). The summed E-state index contributed by atoms with van der Waals surface area (Å²) in [7, 11) is 0. The molecule has 0 saturated heterocycles. The minimum Gasteiger partial charge on any atom is -0.489 e. The van der Waals surface area contributed by atoms with E-state index in [4.69, 9.17) is 16.3 Å². The van der Waals surface area contributed by atoms with Crippen molar-refractivity contribution in [2.24, 2.45) is 0 Å². The molecule has 21 heavy (non-hydrogen) atoms. The summed E-state index contributed by atoms with van der Waals surface area (Å²) in [6.07, 6.45) is 1.67. The minimum absolute atomic E-state index is 0.234. The summed E-state index contributed by atoms with van der Waals surface area (Å²) in [5.74, 6) is 0.942. The van der Waals surface area contributed by atoms with E-state index in [0.29, 0.717) is 23.7 Å². The van der Waals surface area contributed by atoms with Gasteiger partial charge in [0.2, 0.25) is 0 Å². The van der Waals surface area contributed by atoms with E-state index >= 15 is 0 Å². The first-order valence-corrected chi connectivity index (χ1v) is 8.05. The molecular formula is C17H14ClFOS. The first kappa shape index (κ1) is 14.5. The smallest absolute Gasteiger partial charge is 0.127 e. The maximum atomic E-state index is 14.2. The molecule has 0 saturated carbocycles. The number of alkyl halides is 1. The van der Waals surface area contributed by atoms with Crippen LogP contribution in [0.2, 0.25) is 0 Å². The molecular weight excluding hydrogens is 307 g/mol. The molecule has 0 spiro atoms. The Morgan fingerprint density at radius 3 is 2.95 bits per heavy atom. The quantitative estimate of drug-likeness (QED) is 0.559. The topological polar surface area (TPSA) is 9.23 Å². The number of fused-ring (bicyclic) bond motifs is 2. The highest BCUT2D eigenvalue weighted by Crippen LogP contribution is 2.46. The van der Waals surface area contributed by atoms with E-state index in [1.54, 1.807) is 23.9 Å². The van der Waals surface area contributed by atoms with Gasteiger partial charge in [-0.05, 0) is 23.8 Å². The molecule has 108 valence electrons. The Balaban J connectivity index is 2.15. The summed E-state index contributed by atoms with van der Waals surface area (Å²) in [6, 6.07) is 11.0. The fourth-order valence-electron chi connectivity index (χ4n) is 2.44. The zero-order chi connectivity index (χ0) is 14.8. The van der Waals surface area contributed by atoms with Crippen molar-refractivity contribution in [3.05, 3.63) is 71.6 Å². The molecule has 1 nitrogen and oxygen atoms in total. The Morgan fingerprint density at radius 1 is 1.33 bits per heavy atom. The SMILES string of the molecule is C=CCOc1ccc(F)c2c1C(Cl)c1ccccc1SC2. The second-order valence-electron chi connectivity index (χ2n) is 4.73. The van der Waals surface area contributed by atoms with Crippen LogP contribution in [-0.2, 0) is 5.75 Å². The average Bonchev–Trinajstić information content (AvgIpc) is 2.66. The number of benzene rings is 2. The van der Waals surface area contributed by atoms with Crippen molar-refractivity contribution in [2.75, 3.05) is 6.61 Å². The highest BCUT2D eigenvalue weighted by atomic mass is 35.5. The van der Waals surface area contributed by atoms with Crippen LogP contribution in [0, 0.1) is 5.82 Å². The van der Waals surface area contributed by atoms with Crippen LogP contribution in [0.3, 0.4) is 0 Å². The standard InChI is InChI=1S/C17H14ClFOS/c1-2-9-20-14-8-7-13(19)12-10-21-15-6-4-3-5-11(15)17(18)16(12)14/h2-8,17H,1,9-10H2. The van der Waals surface area contributed by atoms with Crippen LogP contribution in [0.25, 0.3) is 0 Å². The molecule has 0 fully saturated rings. The number of halogens is 2. The van der Waals surface area contributed by atoms with Gasteiger partial charge in [0.05, 0.1) is 5.38 Å². The van der Waals surface area contributed by atoms with Crippen LogP contribution in [0.5, 0.6) is 5.75 Å². The van der Waals surface area contributed by atoms with Crippen molar-refractivity contribution < 1.29 is 9.13 Å². The average molecular weight is 321 g/mol. The van der Waals surface area contributed by atoms with Gasteiger partial charge in [0.15, 0.2) is 0 Å². The number of ether oxygens (including phenoxy) is 1. The van der Waals surface area contributed by atoms with E-state index in [1.807, 2.05) is 24.3 Å². The van der Waals surface area contributed by atoms with Crippen LogP contribution in [0.15, 0.2) is 53.9 Å². The van der Waals surface area contributed by atoms with Crippen LogP contribution < -0.4 is 4.74 Å². The zero-order valence-corrected chi connectivity index (χ0v) is 12.9. The Hall–Kier alpha value is -1.45. The van der Waals surface area contributed by atoms with Gasteiger partial charge in [0.1, 0.15) is 18.2 Å². The molecule has 1 atom stereocenters. The fourth-order valence-corrected chi connectivity index (χ4v) is 4.06. The van der Waals surface area contributed by atoms with Gasteiger partial charge in [-0.15, -0.1) is 23.4 Å². The van der Waals surface area contributed by atoms with Crippen molar-refractivity contribution in [1.82, 2.24) is 0 Å². The highest BCUT2D eigenvalue weighted by Gasteiger charge is 2.27. The molecule has 1 unspecified atom stereocenters. The van der Waals surface area contributed by atoms with Crippen LogP contribution in [-0.4, -0.2) is 6.61 Å². The lowest BCUT2D eigenvalue weighted by molar-refractivity contribution is 0.358. The monoisotopic (exact) mass is 320 g/mol. The largest absolute Gasteiger partial charge is 0.489 e. The Morgan fingerprint density at radius 2 is 2.14 bits per heavy atom. The van der Waals surface area contributed by atoms with E-state index in [2.05, 4.69) is 6.58 Å². The highest BCUT2D eigenvalue weighted by molar-refractivity contribution is 7.98. The predicted octanol–water partition coefficient (Wildman–Crippen LogP) is 5.32. The Bertz CT molecular complexity index is 686. The Labute approximate surface area is 132 Å². The van der Waals surface area contributed by atoms with Crippen LogP contribution in [0.4, 0.5) is 4.39 Å². The van der Waals surface area contributed by atoms with Crippen molar-refractivity contribution >= 4 is 23.4 Å². The first-order valence-electron chi connectivity index (χ1n) is 6.63. The summed E-state index contributed by atoms with van der Waals surface area (Å²) in [5, 5.41) is -0.415. The summed E-state index contributed by atoms with van der Waals surface area (Å²) in [6.45, 7) is 4.01. The summed E-state index contributed by atoms with van der Waals surface area (Å²) >= 11 is 8.25. The zero-order valence-electron chi connectivity index (χ0n) is 11.3. The van der Waals surface area contributed by atoms with Crippen molar-refractivity contribution in [3.63, 3.8) is 0 Å². The van der Waals surface area contributed by atoms with Gasteiger partial charge in [0.25, 0.3) is 0 Å². The molecule has 2 aromatic carbocycles. The van der Waals surface area contributed by atoms with Gasteiger partial charge in [-0.2, -0.15) is 0 Å². The Kier molecular flexibility index (Phi) is 4.22. The van der Waals surface area contributed by atoms with Crippen molar-refractivity contribution in [2.45, 2.75) is 16.0 Å². The van der Waals surface area contributed by atoms with Gasteiger partial charge in [-0.1, -0.05) is 30.9 Å². The maximum absolute atomic E-state index is 14.2. The van der Waals surface area contributed by atoms with E-state index in [9.17, 15) is 4.39 Å². The molecule has 0 aliphatic carbocycles. The van der Waals surface area contributed by atoms with Gasteiger partial charge in [0, 0.05) is 21.8 Å². The van der Waals surface area contributed by atoms with Gasteiger partial charge in [-0.25, -0.2) is 4.39 Å². The lowest BCUT2D eigenvalue weighted by Crippen LogP contribution is -2.05. The van der Waals surface area contributed by atoms with Crippen molar-refractivity contribution in [3.8, 4) is 5.75 Å². The second kappa shape index (κ2) is 6.12. The maximum Gasteiger partial charge on any atom is 0.127 e. The number of thioether (sulfide) groups is 1. The molecule has 1 aliphatic heterocycles. The normalized spacial score (nSPS) is 16.6. The lowest BCUT2D eigenvalue weighted by atomic mass is 9.98. The summed E-state index contributed by atoms with van der Waals surface area (Å²) < 4.78 is 19.9. The molecule has 1 aliphatic rings. The van der Waals surface area contributed by atoms with Gasteiger partial charge >= 0.3 is 0 Å². The van der Waals surface area contributed by atoms with E-state index in [1.165, 1.54) is 6.07 Å². The molecule has 0 aromatic heterocycles. The molecule has 2 aromatic rings. The van der Waals surface area contributed by atoms with Gasteiger partial charge < -0.3 is 4.74 Å². The van der Waals surface area contributed by atoms with Crippen LogP contribution >= 0.6 is 23.4 Å². The first-order chi connectivity index (χ1) is 10.2. The third-order valence-corrected chi connectivity index (χ3v) is 5.00. The number of rotatable bonds is 3. The van der Waals surface area contributed by atoms with Crippen molar-refractivity contribution in [1.29, 1.82) is 0 Å². The fraction of sp³-hybridized carbons (Fsp3) is 0.176. The number of hydrogen-bond donors (Lipinski definition) is 0. The second-order valence-corrected chi connectivity index (χ2v) is 6.18. The molecule has 0 N–H and O–H groups in total. The third-order valence-electron chi connectivity index (χ3n) is 3.43. The molecule has 4 heteroatoms. The van der Waals surface area contributed by atoms with Crippen LogP contribution in [0.1, 0.15) is 22.1 Å². The predicted molar refractivity (Wildman–Crippen MR) is 85.8 cm³/mol. The lowest BCUT2D eigenvalue weighted by Gasteiger charge is -2.18. The van der Waals surface area contributed by atoms with E-state index in [0.717, 1.165) is 16.0 Å². The summed E-state index contributed by atoms with van der Waals surface area (Å²) in [5.41, 5.74) is 2.35. The summed E-state index contributed by atoms with van der Waals surface area (Å²) in [4.78, 5) is 1.09. The number of hydrogen-bond acceptors (Lipinski definition) is 2. The molecule has 0 radical (unpaired) electrons. The molecule has 0 amide bonds. The van der Waals surface area contributed by atoms with Gasteiger partial charge in [-0.3, -0.25) is 0 Å². The van der Waals surface area contributed by atoms with E-state index < -0.39 is 5.38 Å². The minimum atomic E-state index is -0.415.